The van der Waals surface area contributed by atoms with Crippen molar-refractivity contribution in [1.29, 1.82) is 0 Å². The summed E-state index contributed by atoms with van der Waals surface area (Å²) in [6, 6.07) is 7.05. The lowest BCUT2D eigenvalue weighted by Gasteiger charge is -2.26. The number of rotatable bonds is 8. The van der Waals surface area contributed by atoms with Crippen LogP contribution in [0.3, 0.4) is 0 Å². The first-order valence-electron chi connectivity index (χ1n) is 9.94. The molecule has 1 aliphatic rings. The minimum Gasteiger partial charge on any atom is -0.334 e. The van der Waals surface area contributed by atoms with Gasteiger partial charge < -0.3 is 9.47 Å². The fraction of sp³-hybridized carbons (Fsp3) is 0.524. The predicted octanol–water partition coefficient (Wildman–Crippen LogP) is 4.24. The number of hydrogen-bond acceptors (Lipinski definition) is 4. The van der Waals surface area contributed by atoms with Gasteiger partial charge in [-0.15, -0.1) is 0 Å². The predicted molar refractivity (Wildman–Crippen MR) is 113 cm³/mol. The topological polar surface area (TPSA) is 72.3 Å². The number of nitrogens with zero attached hydrogens (tertiary/aromatic N) is 3. The van der Waals surface area contributed by atoms with E-state index in [1.165, 1.54) is 0 Å². The number of imidazole rings is 1. The number of sulfone groups is 1. The van der Waals surface area contributed by atoms with Crippen molar-refractivity contribution in [3.63, 3.8) is 0 Å². The molecule has 8 heteroatoms. The van der Waals surface area contributed by atoms with E-state index < -0.39 is 9.84 Å². The average Bonchev–Trinajstić information content (AvgIpc) is 3.39. The fourth-order valence-corrected chi connectivity index (χ4v) is 5.35. The van der Waals surface area contributed by atoms with Crippen molar-refractivity contribution < 1.29 is 13.2 Å². The first kappa shape index (κ1) is 21.8. The Balaban J connectivity index is 1.94. The summed E-state index contributed by atoms with van der Waals surface area (Å²) in [5, 5.41) is 0.441. The van der Waals surface area contributed by atoms with Crippen molar-refractivity contribution in [1.82, 2.24) is 14.5 Å². The third kappa shape index (κ3) is 4.83. The van der Waals surface area contributed by atoms with Gasteiger partial charge in [0.2, 0.25) is 20.9 Å². The maximum atomic E-state index is 13.1. The van der Waals surface area contributed by atoms with Crippen LogP contribution in [0.1, 0.15) is 57.8 Å². The minimum atomic E-state index is -3.70. The number of aromatic nitrogens is 2. The zero-order valence-corrected chi connectivity index (χ0v) is 18.9. The molecule has 0 bridgehead atoms. The van der Waals surface area contributed by atoms with Gasteiger partial charge in [-0.3, -0.25) is 4.79 Å². The summed E-state index contributed by atoms with van der Waals surface area (Å²) in [7, 11) is -3.70. The lowest BCUT2D eigenvalue weighted by Crippen LogP contribution is -2.36. The summed E-state index contributed by atoms with van der Waals surface area (Å²) in [5.41, 5.74) is 1.28. The van der Waals surface area contributed by atoms with Gasteiger partial charge in [0.25, 0.3) is 0 Å². The van der Waals surface area contributed by atoms with Crippen LogP contribution >= 0.6 is 11.6 Å². The van der Waals surface area contributed by atoms with Gasteiger partial charge in [-0.1, -0.05) is 43.6 Å². The van der Waals surface area contributed by atoms with Crippen LogP contribution in [0.4, 0.5) is 0 Å². The van der Waals surface area contributed by atoms with Gasteiger partial charge in [-0.2, -0.15) is 0 Å². The molecule has 1 fully saturated rings. The van der Waals surface area contributed by atoms with E-state index in [0.29, 0.717) is 17.1 Å². The second-order valence-corrected chi connectivity index (χ2v) is 10.5. The number of halogens is 1. The van der Waals surface area contributed by atoms with E-state index >= 15 is 0 Å². The van der Waals surface area contributed by atoms with Crippen molar-refractivity contribution in [2.75, 3.05) is 0 Å². The number of benzene rings is 1. The van der Waals surface area contributed by atoms with Crippen LogP contribution in [0.2, 0.25) is 5.02 Å². The zero-order valence-electron chi connectivity index (χ0n) is 17.3. The molecule has 0 spiro atoms. The molecule has 1 amide bonds. The Morgan fingerprint density at radius 2 is 1.90 bits per heavy atom. The number of carbonyl (C=O) groups is 1. The summed E-state index contributed by atoms with van der Waals surface area (Å²) in [4.78, 5) is 18.8. The summed E-state index contributed by atoms with van der Waals surface area (Å²) in [6.45, 7) is 7.99. The van der Waals surface area contributed by atoms with E-state index in [-0.39, 0.29) is 34.8 Å². The molecule has 3 rings (SSSR count). The molecule has 0 aliphatic heterocycles. The van der Waals surface area contributed by atoms with Gasteiger partial charge in [0.1, 0.15) is 0 Å². The quantitative estimate of drug-likeness (QED) is 0.619. The van der Waals surface area contributed by atoms with Gasteiger partial charge >= 0.3 is 0 Å². The average molecular weight is 438 g/mol. The van der Waals surface area contributed by atoms with Crippen molar-refractivity contribution in [2.45, 2.75) is 70.1 Å². The normalized spacial score (nSPS) is 14.6. The number of carbonyl (C=O) groups excluding carboxylic acids is 1. The van der Waals surface area contributed by atoms with E-state index in [1.807, 2.05) is 32.6 Å². The summed E-state index contributed by atoms with van der Waals surface area (Å²) >= 11 is 6.16. The molecule has 29 heavy (non-hydrogen) atoms. The van der Waals surface area contributed by atoms with Crippen LogP contribution in [0.15, 0.2) is 35.6 Å². The second-order valence-electron chi connectivity index (χ2n) is 8.20. The molecule has 1 heterocycles. The van der Waals surface area contributed by atoms with E-state index in [9.17, 15) is 13.2 Å². The zero-order chi connectivity index (χ0) is 21.3. The van der Waals surface area contributed by atoms with Gasteiger partial charge in [0.05, 0.1) is 24.2 Å². The molecule has 158 valence electrons. The first-order valence-corrected chi connectivity index (χ1v) is 12.0. The maximum Gasteiger partial charge on any atom is 0.228 e. The standard InChI is InChI=1S/C21H28ClN3O3S/c1-14(2)20(26)24(17-9-10-17)12-18-11-23-21(25(18)15(3)4)29(27,28)13-16-7-5-6-8-19(16)22/h5-8,11,14-15,17H,9-10,12-13H2,1-4H3. The Morgan fingerprint density at radius 3 is 2.45 bits per heavy atom. The van der Waals surface area contributed by atoms with Crippen molar-refractivity contribution >= 4 is 27.3 Å². The largest absolute Gasteiger partial charge is 0.334 e. The molecule has 0 saturated heterocycles. The molecular weight excluding hydrogens is 410 g/mol. The molecular formula is C21H28ClN3O3S. The Kier molecular flexibility index (Phi) is 6.39. The molecule has 0 atom stereocenters. The number of hydrogen-bond donors (Lipinski definition) is 0. The molecule has 2 aromatic rings. The molecule has 0 N–H and O–H groups in total. The van der Waals surface area contributed by atoms with Gasteiger partial charge in [0.15, 0.2) is 0 Å². The van der Waals surface area contributed by atoms with Crippen LogP contribution < -0.4 is 0 Å². The van der Waals surface area contributed by atoms with Gasteiger partial charge in [0, 0.05) is 23.0 Å². The first-order chi connectivity index (χ1) is 13.6. The third-order valence-electron chi connectivity index (χ3n) is 5.03. The summed E-state index contributed by atoms with van der Waals surface area (Å²) in [6.07, 6.45) is 3.57. The van der Waals surface area contributed by atoms with Gasteiger partial charge in [-0.25, -0.2) is 13.4 Å². The molecule has 1 aromatic heterocycles. The minimum absolute atomic E-state index is 0.0233. The summed E-state index contributed by atoms with van der Waals surface area (Å²) < 4.78 is 28.0. The highest BCUT2D eigenvalue weighted by atomic mass is 35.5. The lowest BCUT2D eigenvalue weighted by atomic mass is 10.2. The van der Waals surface area contributed by atoms with Crippen LogP contribution in [-0.2, 0) is 26.9 Å². The fourth-order valence-electron chi connectivity index (χ4n) is 3.44. The highest BCUT2D eigenvalue weighted by Gasteiger charge is 2.35. The maximum absolute atomic E-state index is 13.1. The van der Waals surface area contributed by atoms with Crippen LogP contribution in [0.25, 0.3) is 0 Å². The highest BCUT2D eigenvalue weighted by molar-refractivity contribution is 7.90. The Hall–Kier alpha value is -1.86. The molecule has 1 aliphatic carbocycles. The monoisotopic (exact) mass is 437 g/mol. The molecule has 0 unspecified atom stereocenters. The number of amides is 1. The molecule has 0 radical (unpaired) electrons. The van der Waals surface area contributed by atoms with E-state index in [1.54, 1.807) is 35.0 Å². The van der Waals surface area contributed by atoms with E-state index in [4.69, 9.17) is 11.6 Å². The van der Waals surface area contributed by atoms with Crippen LogP contribution in [0.5, 0.6) is 0 Å². The van der Waals surface area contributed by atoms with Crippen molar-refractivity contribution in [2.24, 2.45) is 5.92 Å². The lowest BCUT2D eigenvalue weighted by molar-refractivity contribution is -0.135. The molecule has 1 saturated carbocycles. The van der Waals surface area contributed by atoms with E-state index in [0.717, 1.165) is 18.5 Å². The molecule has 1 aromatic carbocycles. The Bertz CT molecular complexity index is 994. The van der Waals surface area contributed by atoms with Gasteiger partial charge in [-0.05, 0) is 38.3 Å². The molecule has 6 nitrogen and oxygen atoms in total. The Labute approximate surface area is 177 Å². The van der Waals surface area contributed by atoms with Crippen molar-refractivity contribution in [3.8, 4) is 0 Å². The third-order valence-corrected chi connectivity index (χ3v) is 6.95. The summed E-state index contributed by atoms with van der Waals surface area (Å²) in [5.74, 6) is -0.230. The van der Waals surface area contributed by atoms with E-state index in [2.05, 4.69) is 4.98 Å². The highest BCUT2D eigenvalue weighted by Crippen LogP contribution is 2.31. The SMILES string of the molecule is CC(C)C(=O)N(Cc1cnc(S(=O)(=O)Cc2ccccc2Cl)n1C(C)C)C1CC1. The van der Waals surface area contributed by atoms with Crippen molar-refractivity contribution in [3.05, 3.63) is 46.7 Å². The smallest absolute Gasteiger partial charge is 0.228 e. The Morgan fingerprint density at radius 1 is 1.24 bits per heavy atom. The van der Waals surface area contributed by atoms with Crippen LogP contribution in [0, 0.1) is 5.92 Å². The second kappa shape index (κ2) is 8.48. The van der Waals surface area contributed by atoms with Crippen LogP contribution in [-0.4, -0.2) is 34.8 Å².